The Bertz CT molecular complexity index is 293. The van der Waals surface area contributed by atoms with E-state index in [0.29, 0.717) is 17.1 Å². The van der Waals surface area contributed by atoms with Gasteiger partial charge in [0.2, 0.25) is 0 Å². The number of hydrogen-bond donors (Lipinski definition) is 3. The Balaban J connectivity index is 3.40. The summed E-state index contributed by atoms with van der Waals surface area (Å²) in [7, 11) is 0. The maximum Gasteiger partial charge on any atom is 0.134 e. The van der Waals surface area contributed by atoms with Gasteiger partial charge in [0.25, 0.3) is 0 Å². The monoisotopic (exact) mass is 150 g/mol. The molecule has 1 aromatic rings. The second-order valence-corrected chi connectivity index (χ2v) is 2.30. The minimum atomic E-state index is 0.308. The number of aromatic nitrogens is 1. The topological polar surface area (TPSA) is 88.8 Å². The number of rotatable bonds is 1. The summed E-state index contributed by atoms with van der Waals surface area (Å²) in [5.74, 6) is 0.308. The summed E-state index contributed by atoms with van der Waals surface area (Å²) in [5, 5.41) is 7.00. The molecule has 0 radical (unpaired) electrons. The minimum absolute atomic E-state index is 0.308. The number of hydrogen-bond acceptors (Lipinski definition) is 4. The number of nitrogen functional groups attached to an aromatic ring is 2. The minimum Gasteiger partial charge on any atom is -0.398 e. The van der Waals surface area contributed by atoms with Gasteiger partial charge < -0.3 is 16.9 Å². The lowest BCUT2D eigenvalue weighted by Crippen LogP contribution is -2.03. The molecule has 0 spiro atoms. The Kier molecular flexibility index (Phi) is 1.76. The summed E-state index contributed by atoms with van der Waals surface area (Å²) in [5.41, 5.74) is 13.0. The number of nitrogens with zero attached hydrogens (tertiary/aromatic N) is 1. The number of aryl methyl sites for hydroxylation is 1. The molecule has 11 heavy (non-hydrogen) atoms. The number of nitrogens with one attached hydrogen (secondary N) is 1. The average molecular weight is 150 g/mol. The fourth-order valence-electron chi connectivity index (χ4n) is 0.808. The van der Waals surface area contributed by atoms with E-state index in [-0.39, 0.29) is 0 Å². The highest BCUT2D eigenvalue weighted by Gasteiger charge is 2.03. The van der Waals surface area contributed by atoms with E-state index in [2.05, 4.69) is 4.98 Å². The van der Waals surface area contributed by atoms with Gasteiger partial charge in [-0.2, -0.15) is 0 Å². The molecule has 0 saturated heterocycles. The molecule has 1 heterocycles. The first-order valence-corrected chi connectivity index (χ1v) is 3.18. The van der Waals surface area contributed by atoms with Gasteiger partial charge in [0, 0.05) is 18.1 Å². The zero-order chi connectivity index (χ0) is 8.43. The zero-order valence-corrected chi connectivity index (χ0v) is 6.26. The average Bonchev–Trinajstić information content (AvgIpc) is 1.99. The first kappa shape index (κ1) is 7.53. The van der Waals surface area contributed by atoms with Crippen molar-refractivity contribution in [2.45, 2.75) is 6.92 Å². The van der Waals surface area contributed by atoms with Crippen LogP contribution in [0.1, 0.15) is 11.1 Å². The third-order valence-corrected chi connectivity index (χ3v) is 1.53. The van der Waals surface area contributed by atoms with Crippen molar-refractivity contribution in [2.75, 3.05) is 11.5 Å². The van der Waals surface area contributed by atoms with Crippen molar-refractivity contribution in [2.24, 2.45) is 0 Å². The normalized spacial score (nSPS) is 9.55. The third-order valence-electron chi connectivity index (χ3n) is 1.53. The van der Waals surface area contributed by atoms with Gasteiger partial charge in [-0.3, -0.25) is 0 Å². The van der Waals surface area contributed by atoms with Crippen LogP contribution in [0.25, 0.3) is 0 Å². The molecule has 0 aliphatic rings. The molecule has 0 bridgehead atoms. The van der Waals surface area contributed by atoms with Crippen LogP contribution in [0.5, 0.6) is 0 Å². The van der Waals surface area contributed by atoms with Gasteiger partial charge in [0.05, 0.1) is 5.56 Å². The molecule has 0 saturated carbocycles. The lowest BCUT2D eigenvalue weighted by atomic mass is 10.1. The lowest BCUT2D eigenvalue weighted by Gasteiger charge is -2.04. The van der Waals surface area contributed by atoms with Crippen molar-refractivity contribution >= 4 is 17.7 Å². The molecule has 0 aliphatic heterocycles. The summed E-state index contributed by atoms with van der Waals surface area (Å²) < 4.78 is 0. The second kappa shape index (κ2) is 2.57. The Morgan fingerprint density at radius 1 is 1.55 bits per heavy atom. The smallest absolute Gasteiger partial charge is 0.134 e. The maximum absolute atomic E-state index is 7.00. The van der Waals surface area contributed by atoms with Crippen molar-refractivity contribution in [3.05, 3.63) is 17.3 Å². The van der Waals surface area contributed by atoms with Gasteiger partial charge in [0.15, 0.2) is 0 Å². The van der Waals surface area contributed by atoms with E-state index in [0.717, 1.165) is 11.8 Å². The summed E-state index contributed by atoms with van der Waals surface area (Å²) in [6.07, 6.45) is 2.71. The molecular weight excluding hydrogens is 140 g/mol. The number of anilines is 2. The molecule has 0 aromatic carbocycles. The molecule has 1 aromatic heterocycles. The van der Waals surface area contributed by atoms with Crippen LogP contribution in [-0.4, -0.2) is 11.2 Å². The Labute approximate surface area is 64.7 Å². The summed E-state index contributed by atoms with van der Waals surface area (Å²) >= 11 is 0. The van der Waals surface area contributed by atoms with Crippen LogP contribution >= 0.6 is 0 Å². The van der Waals surface area contributed by atoms with Gasteiger partial charge >= 0.3 is 0 Å². The van der Waals surface area contributed by atoms with E-state index in [4.69, 9.17) is 16.9 Å². The van der Waals surface area contributed by atoms with Crippen LogP contribution in [0.2, 0.25) is 0 Å². The van der Waals surface area contributed by atoms with Gasteiger partial charge in [-0.1, -0.05) is 0 Å². The number of nitrogens with two attached hydrogens (primary N) is 2. The highest BCUT2D eigenvalue weighted by Crippen LogP contribution is 2.17. The van der Waals surface area contributed by atoms with E-state index in [9.17, 15) is 0 Å². The van der Waals surface area contributed by atoms with Gasteiger partial charge in [-0.25, -0.2) is 4.98 Å². The van der Waals surface area contributed by atoms with Crippen LogP contribution in [0.15, 0.2) is 6.20 Å². The van der Waals surface area contributed by atoms with E-state index in [1.165, 1.54) is 0 Å². The van der Waals surface area contributed by atoms with Crippen molar-refractivity contribution in [1.29, 1.82) is 5.41 Å². The molecule has 58 valence electrons. The van der Waals surface area contributed by atoms with Crippen LogP contribution in [0.4, 0.5) is 11.5 Å². The van der Waals surface area contributed by atoms with Crippen LogP contribution in [-0.2, 0) is 0 Å². The van der Waals surface area contributed by atoms with Crippen molar-refractivity contribution in [1.82, 2.24) is 4.98 Å². The lowest BCUT2D eigenvalue weighted by molar-refractivity contribution is 1.27. The molecule has 4 heteroatoms. The quantitative estimate of drug-likeness (QED) is 0.511. The molecular formula is C7H10N4. The summed E-state index contributed by atoms with van der Waals surface area (Å²) in [6.45, 7) is 1.83. The molecule has 5 N–H and O–H groups in total. The second-order valence-electron chi connectivity index (χ2n) is 2.30. The molecule has 4 nitrogen and oxygen atoms in total. The molecule has 0 aliphatic carbocycles. The SMILES string of the molecule is Cc1cnc(N)c(C=N)c1N. The highest BCUT2D eigenvalue weighted by atomic mass is 14.8. The van der Waals surface area contributed by atoms with E-state index in [1.807, 2.05) is 6.92 Å². The number of pyridine rings is 1. The molecule has 0 atom stereocenters. The van der Waals surface area contributed by atoms with E-state index < -0.39 is 0 Å². The van der Waals surface area contributed by atoms with E-state index in [1.54, 1.807) is 6.20 Å². The fourth-order valence-corrected chi connectivity index (χ4v) is 0.808. The first-order valence-electron chi connectivity index (χ1n) is 3.18. The highest BCUT2D eigenvalue weighted by molar-refractivity contribution is 5.91. The zero-order valence-electron chi connectivity index (χ0n) is 6.26. The third kappa shape index (κ3) is 1.14. The molecule has 0 amide bonds. The van der Waals surface area contributed by atoms with Crippen LogP contribution in [0, 0.1) is 12.3 Å². The van der Waals surface area contributed by atoms with Gasteiger partial charge in [-0.15, -0.1) is 0 Å². The standard InChI is InChI=1S/C7H10N4/c1-4-3-11-7(10)5(2-8)6(4)9/h2-3,8H,1H3,(H4,9,10,11). The van der Waals surface area contributed by atoms with Crippen molar-refractivity contribution in [3.8, 4) is 0 Å². The first-order chi connectivity index (χ1) is 5.16. The predicted octanol–water partition coefficient (Wildman–Crippen LogP) is 0.552. The Hall–Kier alpha value is -1.58. The Morgan fingerprint density at radius 2 is 2.18 bits per heavy atom. The molecule has 0 fully saturated rings. The van der Waals surface area contributed by atoms with Crippen LogP contribution in [0.3, 0.4) is 0 Å². The summed E-state index contributed by atoms with van der Waals surface area (Å²) in [4.78, 5) is 3.86. The summed E-state index contributed by atoms with van der Waals surface area (Å²) in [6, 6.07) is 0. The van der Waals surface area contributed by atoms with Gasteiger partial charge in [0.1, 0.15) is 5.82 Å². The molecule has 0 unspecified atom stereocenters. The Morgan fingerprint density at radius 3 is 2.64 bits per heavy atom. The van der Waals surface area contributed by atoms with E-state index >= 15 is 0 Å². The van der Waals surface area contributed by atoms with Crippen LogP contribution < -0.4 is 11.5 Å². The fraction of sp³-hybridized carbons (Fsp3) is 0.143. The maximum atomic E-state index is 7.00. The van der Waals surface area contributed by atoms with Crippen molar-refractivity contribution in [3.63, 3.8) is 0 Å². The molecule has 1 rings (SSSR count). The van der Waals surface area contributed by atoms with Gasteiger partial charge in [-0.05, 0) is 12.5 Å². The van der Waals surface area contributed by atoms with Crippen molar-refractivity contribution < 1.29 is 0 Å². The largest absolute Gasteiger partial charge is 0.398 e. The predicted molar refractivity (Wildman–Crippen MR) is 45.7 cm³/mol.